The maximum Gasteiger partial charge on any atom is 0.573 e. The molecule has 0 saturated heterocycles. The van der Waals surface area contributed by atoms with Gasteiger partial charge in [-0.15, -0.1) is 24.5 Å². The number of aliphatic imine (C=N–C) groups is 1. The van der Waals surface area contributed by atoms with Crippen LogP contribution in [0.2, 0.25) is 0 Å². The minimum atomic E-state index is -4.77. The van der Waals surface area contributed by atoms with E-state index in [1.807, 2.05) is 6.92 Å². The molecule has 1 heterocycles. The van der Waals surface area contributed by atoms with Crippen LogP contribution in [0.4, 0.5) is 13.2 Å². The van der Waals surface area contributed by atoms with Crippen LogP contribution < -0.4 is 20.7 Å². The maximum absolute atomic E-state index is 12.5. The number of hydrogen-bond donors (Lipinski definition) is 3. The van der Waals surface area contributed by atoms with Gasteiger partial charge in [0, 0.05) is 25.2 Å². The predicted octanol–water partition coefficient (Wildman–Crippen LogP) is 2.84. The fraction of sp³-hybridized carbons (Fsp3) is 0.389. The molecule has 0 radical (unpaired) electrons. The van der Waals surface area contributed by atoms with Gasteiger partial charge in [0.2, 0.25) is 0 Å². The van der Waals surface area contributed by atoms with E-state index >= 15 is 0 Å². The summed E-state index contributed by atoms with van der Waals surface area (Å²) >= 11 is 1.27. The molecule has 158 valence electrons. The van der Waals surface area contributed by atoms with E-state index in [0.717, 1.165) is 0 Å². The summed E-state index contributed by atoms with van der Waals surface area (Å²) in [5.41, 5.74) is 2.59. The number of nitrogens with one attached hydrogen (secondary N) is 3. The highest BCUT2D eigenvalue weighted by Gasteiger charge is 2.31. The molecule has 0 fully saturated rings. The van der Waals surface area contributed by atoms with E-state index in [-0.39, 0.29) is 18.2 Å². The maximum atomic E-state index is 12.5. The highest BCUT2D eigenvalue weighted by Crippen LogP contribution is 2.26. The van der Waals surface area contributed by atoms with Crippen molar-refractivity contribution in [1.82, 2.24) is 20.9 Å². The lowest BCUT2D eigenvalue weighted by Gasteiger charge is -2.14. The van der Waals surface area contributed by atoms with Gasteiger partial charge in [-0.2, -0.15) is 0 Å². The number of amides is 1. The summed E-state index contributed by atoms with van der Waals surface area (Å²) in [4.78, 5) is 20.9. The molecule has 0 aliphatic heterocycles. The second kappa shape index (κ2) is 10.6. The van der Waals surface area contributed by atoms with Gasteiger partial charge in [0.25, 0.3) is 5.91 Å². The van der Waals surface area contributed by atoms with Crippen molar-refractivity contribution in [2.75, 3.05) is 19.6 Å². The molecule has 3 N–H and O–H groups in total. The highest BCUT2D eigenvalue weighted by atomic mass is 32.1. The van der Waals surface area contributed by atoms with Crippen LogP contribution in [0.15, 0.2) is 34.8 Å². The fourth-order valence-corrected chi connectivity index (χ4v) is 3.04. The van der Waals surface area contributed by atoms with Gasteiger partial charge < -0.3 is 20.7 Å². The van der Waals surface area contributed by atoms with Gasteiger partial charge in [0.1, 0.15) is 10.6 Å². The number of hydrogen-bond acceptors (Lipinski definition) is 5. The third-order valence-corrected chi connectivity index (χ3v) is 4.53. The van der Waals surface area contributed by atoms with E-state index in [0.29, 0.717) is 41.7 Å². The number of benzene rings is 1. The third-order valence-electron chi connectivity index (χ3n) is 3.60. The molecule has 0 aliphatic rings. The number of aryl methyl sites for hydroxylation is 1. The summed E-state index contributed by atoms with van der Waals surface area (Å²) < 4.78 is 41.6. The van der Waals surface area contributed by atoms with E-state index in [2.05, 4.69) is 30.7 Å². The smallest absolute Gasteiger partial charge is 0.405 e. The molecule has 2 rings (SSSR count). The van der Waals surface area contributed by atoms with Gasteiger partial charge in [-0.1, -0.05) is 18.2 Å². The van der Waals surface area contributed by atoms with Crippen LogP contribution in [0.3, 0.4) is 0 Å². The summed E-state index contributed by atoms with van der Waals surface area (Å²) in [6, 6.07) is 5.85. The molecule has 1 amide bonds. The fourth-order valence-electron chi connectivity index (χ4n) is 2.32. The van der Waals surface area contributed by atoms with Gasteiger partial charge in [0.05, 0.1) is 17.7 Å². The number of para-hydroxylation sites is 1. The molecule has 0 atom stereocenters. The molecular weight excluding hydrogens is 407 g/mol. The van der Waals surface area contributed by atoms with Gasteiger partial charge in [0.15, 0.2) is 5.96 Å². The number of thiazole rings is 1. The normalized spacial score (nSPS) is 11.8. The topological polar surface area (TPSA) is 87.6 Å². The second-order valence-electron chi connectivity index (χ2n) is 5.80. The van der Waals surface area contributed by atoms with Gasteiger partial charge >= 0.3 is 6.36 Å². The Bertz CT molecular complexity index is 839. The number of guanidine groups is 1. The Kier molecular flexibility index (Phi) is 8.25. The zero-order valence-corrected chi connectivity index (χ0v) is 16.8. The molecule has 0 unspecified atom stereocenters. The van der Waals surface area contributed by atoms with Crippen molar-refractivity contribution in [3.63, 3.8) is 0 Å². The van der Waals surface area contributed by atoms with E-state index in [9.17, 15) is 18.0 Å². The van der Waals surface area contributed by atoms with Gasteiger partial charge in [-0.25, -0.2) is 9.98 Å². The lowest BCUT2D eigenvalue weighted by atomic mass is 10.2. The van der Waals surface area contributed by atoms with Gasteiger partial charge in [-0.3, -0.25) is 4.79 Å². The van der Waals surface area contributed by atoms with Crippen molar-refractivity contribution in [3.8, 4) is 5.75 Å². The number of ether oxygens (including phenoxy) is 1. The number of aromatic nitrogens is 1. The number of carbonyl (C=O) groups excluding carboxylic acids is 1. The quantitative estimate of drug-likeness (QED) is 0.341. The minimum absolute atomic E-state index is 0.00595. The SMILES string of the molecule is CCNC(=NCc1ccccc1OC(F)(F)F)NCCNC(=O)c1scnc1C. The lowest BCUT2D eigenvalue weighted by Crippen LogP contribution is -2.41. The van der Waals surface area contributed by atoms with Crippen LogP contribution in [0, 0.1) is 6.92 Å². The molecular formula is C18H22F3N5O2S. The predicted molar refractivity (Wildman–Crippen MR) is 105 cm³/mol. The number of carbonyl (C=O) groups is 1. The van der Waals surface area contributed by atoms with Crippen molar-refractivity contribution >= 4 is 23.2 Å². The number of halogens is 3. The summed E-state index contributed by atoms with van der Waals surface area (Å²) in [6.07, 6.45) is -4.77. The van der Waals surface area contributed by atoms with E-state index in [4.69, 9.17) is 0 Å². The van der Waals surface area contributed by atoms with Crippen molar-refractivity contribution in [2.24, 2.45) is 4.99 Å². The van der Waals surface area contributed by atoms with Crippen molar-refractivity contribution in [1.29, 1.82) is 0 Å². The van der Waals surface area contributed by atoms with Crippen LogP contribution in [-0.4, -0.2) is 42.8 Å². The van der Waals surface area contributed by atoms with Crippen molar-refractivity contribution < 1.29 is 22.7 Å². The minimum Gasteiger partial charge on any atom is -0.405 e. The average molecular weight is 429 g/mol. The van der Waals surface area contributed by atoms with Gasteiger partial charge in [-0.05, 0) is 19.9 Å². The first kappa shape index (κ1) is 22.5. The molecule has 0 saturated carbocycles. The van der Waals surface area contributed by atoms with Crippen molar-refractivity contribution in [3.05, 3.63) is 45.9 Å². The molecule has 1 aromatic carbocycles. The Morgan fingerprint density at radius 3 is 2.59 bits per heavy atom. The summed E-state index contributed by atoms with van der Waals surface area (Å²) in [5, 5.41) is 8.80. The monoisotopic (exact) mass is 429 g/mol. The molecule has 11 heteroatoms. The average Bonchev–Trinajstić information content (AvgIpc) is 3.08. The first-order valence-corrected chi connectivity index (χ1v) is 9.72. The summed E-state index contributed by atoms with van der Waals surface area (Å²) in [5.74, 6) is -0.0729. The third kappa shape index (κ3) is 7.60. The number of rotatable bonds is 8. The Labute approximate surface area is 170 Å². The molecule has 1 aromatic heterocycles. The van der Waals surface area contributed by atoms with E-state index in [1.54, 1.807) is 18.5 Å². The summed E-state index contributed by atoms with van der Waals surface area (Å²) in [7, 11) is 0. The zero-order chi connectivity index (χ0) is 21.3. The molecule has 2 aromatic rings. The van der Waals surface area contributed by atoms with E-state index in [1.165, 1.54) is 29.5 Å². The Balaban J connectivity index is 1.90. The van der Waals surface area contributed by atoms with E-state index < -0.39 is 6.36 Å². The van der Waals surface area contributed by atoms with Crippen LogP contribution in [0.1, 0.15) is 27.9 Å². The molecule has 0 spiro atoms. The Morgan fingerprint density at radius 1 is 1.21 bits per heavy atom. The molecule has 7 nitrogen and oxygen atoms in total. The van der Waals surface area contributed by atoms with Crippen LogP contribution in [0.5, 0.6) is 5.75 Å². The highest BCUT2D eigenvalue weighted by molar-refractivity contribution is 7.11. The number of nitrogens with zero attached hydrogens (tertiary/aromatic N) is 2. The molecule has 0 bridgehead atoms. The zero-order valence-electron chi connectivity index (χ0n) is 16.0. The van der Waals surface area contributed by atoms with Crippen LogP contribution >= 0.6 is 11.3 Å². The lowest BCUT2D eigenvalue weighted by molar-refractivity contribution is -0.274. The van der Waals surface area contributed by atoms with Crippen LogP contribution in [0.25, 0.3) is 0 Å². The van der Waals surface area contributed by atoms with Crippen LogP contribution in [-0.2, 0) is 6.54 Å². The van der Waals surface area contributed by atoms with Crippen molar-refractivity contribution in [2.45, 2.75) is 26.8 Å². The Morgan fingerprint density at radius 2 is 1.93 bits per heavy atom. The molecule has 29 heavy (non-hydrogen) atoms. The standard InChI is InChI=1S/C18H22F3N5O2S/c1-3-22-17(24-9-8-23-16(27)15-12(2)26-11-29-15)25-10-13-6-4-5-7-14(13)28-18(19,20)21/h4-7,11H,3,8-10H2,1-2H3,(H,23,27)(H2,22,24,25). The number of alkyl halides is 3. The largest absolute Gasteiger partial charge is 0.573 e. The first-order valence-electron chi connectivity index (χ1n) is 8.84. The molecule has 0 aliphatic carbocycles. The summed E-state index contributed by atoms with van der Waals surface area (Å²) in [6.45, 7) is 4.92. The Hall–Kier alpha value is -2.82. The second-order valence-corrected chi connectivity index (χ2v) is 6.66. The first-order chi connectivity index (χ1) is 13.8.